The van der Waals surface area contributed by atoms with E-state index in [2.05, 4.69) is 32.6 Å². The predicted molar refractivity (Wildman–Crippen MR) is 117 cm³/mol. The normalized spacial score (nSPS) is 11.0. The first-order valence-corrected chi connectivity index (χ1v) is 10.3. The van der Waals surface area contributed by atoms with Crippen molar-refractivity contribution in [2.75, 3.05) is 0 Å². The second-order valence-electron chi connectivity index (χ2n) is 7.46. The summed E-state index contributed by atoms with van der Waals surface area (Å²) in [7, 11) is 1.69. The van der Waals surface area contributed by atoms with Crippen molar-refractivity contribution in [3.8, 4) is 22.5 Å². The van der Waals surface area contributed by atoms with Crippen LogP contribution >= 0.6 is 0 Å². The number of carboxylic acid groups (broad SMARTS) is 1. The zero-order valence-corrected chi connectivity index (χ0v) is 17.5. The highest BCUT2D eigenvalue weighted by Crippen LogP contribution is 2.30. The second-order valence-corrected chi connectivity index (χ2v) is 7.46. The van der Waals surface area contributed by atoms with Crippen LogP contribution < -0.4 is 0 Å². The number of hydrogen-bond acceptors (Lipinski definition) is 5. The van der Waals surface area contributed by atoms with Gasteiger partial charge in [0, 0.05) is 24.6 Å². The lowest BCUT2D eigenvalue weighted by Gasteiger charge is -2.09. The molecular formula is C23H24N6O2. The minimum atomic E-state index is -0.946. The van der Waals surface area contributed by atoms with Crippen LogP contribution in [0.15, 0.2) is 48.5 Å². The third-order valence-electron chi connectivity index (χ3n) is 5.36. The lowest BCUT2D eigenvalue weighted by Crippen LogP contribution is -2.08. The Morgan fingerprint density at radius 2 is 1.84 bits per heavy atom. The molecule has 2 heterocycles. The molecule has 8 heteroatoms. The van der Waals surface area contributed by atoms with Crippen molar-refractivity contribution in [2.24, 2.45) is 7.05 Å². The topological polar surface area (TPSA) is 110 Å². The van der Waals surface area contributed by atoms with Crippen LogP contribution in [0, 0.1) is 0 Å². The van der Waals surface area contributed by atoms with Crippen molar-refractivity contribution in [3.05, 3.63) is 71.0 Å². The Bertz CT molecular complexity index is 1180. The van der Waals surface area contributed by atoms with Crippen molar-refractivity contribution >= 4 is 5.97 Å². The fraction of sp³-hybridized carbons (Fsp3) is 0.261. The van der Waals surface area contributed by atoms with E-state index in [0.29, 0.717) is 12.2 Å². The quantitative estimate of drug-likeness (QED) is 0.451. The van der Waals surface area contributed by atoms with Gasteiger partial charge in [-0.2, -0.15) is 10.3 Å². The molecule has 0 aliphatic carbocycles. The molecule has 0 saturated heterocycles. The van der Waals surface area contributed by atoms with Gasteiger partial charge in [0.1, 0.15) is 5.69 Å². The molecule has 0 saturated carbocycles. The minimum Gasteiger partial charge on any atom is -0.477 e. The molecule has 8 nitrogen and oxygen atoms in total. The van der Waals surface area contributed by atoms with Crippen LogP contribution in [0.3, 0.4) is 0 Å². The summed E-state index contributed by atoms with van der Waals surface area (Å²) < 4.78 is 1.48. The Morgan fingerprint density at radius 1 is 1.10 bits per heavy atom. The second kappa shape index (κ2) is 8.91. The molecule has 0 radical (unpaired) electrons. The number of nitrogens with zero attached hydrogens (tertiary/aromatic N) is 5. The van der Waals surface area contributed by atoms with E-state index in [1.807, 2.05) is 48.5 Å². The van der Waals surface area contributed by atoms with Gasteiger partial charge in [0.2, 0.25) is 5.82 Å². The maximum absolute atomic E-state index is 11.8. The molecule has 0 aliphatic rings. The largest absolute Gasteiger partial charge is 0.477 e. The molecule has 4 rings (SSSR count). The number of benzene rings is 2. The summed E-state index contributed by atoms with van der Waals surface area (Å²) in [6.45, 7) is 2.12. The minimum absolute atomic E-state index is 0.262. The Hall–Kier alpha value is -3.81. The first-order chi connectivity index (χ1) is 15.1. The highest BCUT2D eigenvalue weighted by atomic mass is 16.4. The molecule has 0 amide bonds. The standard InChI is InChI=1S/C23H24N6O2/c1-3-4-9-20-19(21(23(30)31)29(2)26-20)14-15-10-12-16(13-11-15)17-7-5-6-8-18(17)22-24-27-28-25-22/h5-8,10-13H,3-4,9,14H2,1-2H3,(H,30,31)(H,24,25,27,28). The number of carboxylic acids is 1. The Labute approximate surface area is 179 Å². The summed E-state index contributed by atoms with van der Waals surface area (Å²) in [5.41, 5.74) is 5.89. The van der Waals surface area contributed by atoms with Crippen LogP contribution in [0.5, 0.6) is 0 Å². The smallest absolute Gasteiger partial charge is 0.354 e. The fourth-order valence-electron chi connectivity index (χ4n) is 3.83. The molecule has 0 aliphatic heterocycles. The van der Waals surface area contributed by atoms with Crippen LogP contribution in [0.1, 0.15) is 47.1 Å². The van der Waals surface area contributed by atoms with E-state index in [4.69, 9.17) is 0 Å². The van der Waals surface area contributed by atoms with Crippen LogP contribution in [0.4, 0.5) is 0 Å². The number of unbranched alkanes of at least 4 members (excludes halogenated alkanes) is 1. The predicted octanol–water partition coefficient (Wildman–Crippen LogP) is 3.90. The molecule has 2 aromatic heterocycles. The third-order valence-corrected chi connectivity index (χ3v) is 5.36. The summed E-state index contributed by atoms with van der Waals surface area (Å²) in [6.07, 6.45) is 3.33. The number of rotatable bonds is 8. The van der Waals surface area contributed by atoms with Gasteiger partial charge in [0.15, 0.2) is 0 Å². The average molecular weight is 416 g/mol. The van der Waals surface area contributed by atoms with Gasteiger partial charge in [-0.15, -0.1) is 10.2 Å². The van der Waals surface area contributed by atoms with Gasteiger partial charge < -0.3 is 5.11 Å². The lowest BCUT2D eigenvalue weighted by molar-refractivity contribution is 0.0684. The number of aromatic carboxylic acids is 1. The van der Waals surface area contributed by atoms with Crippen molar-refractivity contribution in [1.29, 1.82) is 0 Å². The van der Waals surface area contributed by atoms with E-state index in [1.54, 1.807) is 7.05 Å². The first kappa shape index (κ1) is 20.5. The van der Waals surface area contributed by atoms with E-state index < -0.39 is 5.97 Å². The van der Waals surface area contributed by atoms with Crippen LogP contribution in [0.2, 0.25) is 0 Å². The van der Waals surface area contributed by atoms with Crippen LogP contribution in [-0.2, 0) is 19.9 Å². The number of nitrogens with one attached hydrogen (secondary N) is 1. The van der Waals surface area contributed by atoms with Gasteiger partial charge in [0.25, 0.3) is 0 Å². The van der Waals surface area contributed by atoms with Crippen molar-refractivity contribution in [1.82, 2.24) is 30.4 Å². The van der Waals surface area contributed by atoms with Gasteiger partial charge in [-0.1, -0.05) is 61.9 Å². The number of carbonyl (C=O) groups is 1. The molecule has 158 valence electrons. The zero-order valence-electron chi connectivity index (χ0n) is 17.5. The molecule has 4 aromatic rings. The van der Waals surface area contributed by atoms with Crippen LogP contribution in [-0.4, -0.2) is 41.5 Å². The van der Waals surface area contributed by atoms with E-state index in [-0.39, 0.29) is 5.69 Å². The molecule has 0 atom stereocenters. The number of aryl methyl sites for hydroxylation is 2. The third kappa shape index (κ3) is 4.23. The van der Waals surface area contributed by atoms with Crippen LogP contribution in [0.25, 0.3) is 22.5 Å². The highest BCUT2D eigenvalue weighted by Gasteiger charge is 2.21. The molecule has 31 heavy (non-hydrogen) atoms. The van der Waals surface area contributed by atoms with Crippen molar-refractivity contribution < 1.29 is 9.90 Å². The Kier molecular flexibility index (Phi) is 5.88. The van der Waals surface area contributed by atoms with E-state index in [0.717, 1.165) is 52.8 Å². The maximum Gasteiger partial charge on any atom is 0.354 e. The molecule has 0 spiro atoms. The van der Waals surface area contributed by atoms with Gasteiger partial charge >= 0.3 is 5.97 Å². The molecule has 0 fully saturated rings. The monoisotopic (exact) mass is 416 g/mol. The summed E-state index contributed by atoms with van der Waals surface area (Å²) in [4.78, 5) is 11.8. The van der Waals surface area contributed by atoms with Crippen molar-refractivity contribution in [2.45, 2.75) is 32.6 Å². The average Bonchev–Trinajstić information content (AvgIpc) is 3.41. The van der Waals surface area contributed by atoms with E-state index in [1.165, 1.54) is 4.68 Å². The summed E-state index contributed by atoms with van der Waals surface area (Å²) >= 11 is 0. The molecular weight excluding hydrogens is 392 g/mol. The molecule has 0 unspecified atom stereocenters. The zero-order chi connectivity index (χ0) is 21.8. The number of aromatic amines is 1. The number of H-pyrrole nitrogens is 1. The Morgan fingerprint density at radius 3 is 2.48 bits per heavy atom. The first-order valence-electron chi connectivity index (χ1n) is 10.3. The number of aromatic nitrogens is 6. The van der Waals surface area contributed by atoms with Gasteiger partial charge in [-0.05, 0) is 34.7 Å². The molecule has 0 bridgehead atoms. The Balaban J connectivity index is 1.65. The fourth-order valence-corrected chi connectivity index (χ4v) is 3.83. The number of hydrogen-bond donors (Lipinski definition) is 2. The molecule has 2 aromatic carbocycles. The van der Waals surface area contributed by atoms with E-state index >= 15 is 0 Å². The maximum atomic E-state index is 11.8. The summed E-state index contributed by atoms with van der Waals surface area (Å²) in [5, 5.41) is 28.5. The molecule has 2 N–H and O–H groups in total. The lowest BCUT2D eigenvalue weighted by atomic mass is 9.95. The van der Waals surface area contributed by atoms with Gasteiger partial charge in [0.05, 0.1) is 5.69 Å². The van der Waals surface area contributed by atoms with Gasteiger partial charge in [-0.25, -0.2) is 4.79 Å². The van der Waals surface area contributed by atoms with Crippen molar-refractivity contribution in [3.63, 3.8) is 0 Å². The van der Waals surface area contributed by atoms with E-state index in [9.17, 15) is 9.90 Å². The summed E-state index contributed by atoms with van der Waals surface area (Å²) in [5.74, 6) is -0.403. The number of tetrazole rings is 1. The van der Waals surface area contributed by atoms with Gasteiger partial charge in [-0.3, -0.25) is 4.68 Å². The highest BCUT2D eigenvalue weighted by molar-refractivity contribution is 5.88. The SMILES string of the molecule is CCCCc1nn(C)c(C(=O)O)c1Cc1ccc(-c2ccccc2-c2nn[nH]n2)cc1. The summed E-state index contributed by atoms with van der Waals surface area (Å²) in [6, 6.07) is 16.0.